The average molecular weight is 517 g/mol. The van der Waals surface area contributed by atoms with E-state index in [4.69, 9.17) is 0 Å². The second-order valence-corrected chi connectivity index (χ2v) is 10.8. The van der Waals surface area contributed by atoms with Crippen molar-refractivity contribution in [2.75, 3.05) is 37.8 Å². The first-order valence-corrected chi connectivity index (χ1v) is 13.2. The molecule has 200 valence electrons. The van der Waals surface area contributed by atoms with E-state index < -0.39 is 11.7 Å². The van der Waals surface area contributed by atoms with E-state index in [2.05, 4.69) is 32.5 Å². The number of alkyl halides is 3. The number of nitrogens with zero attached hydrogens (tertiary/aromatic N) is 4. The molecule has 3 fully saturated rings. The molecule has 1 aromatic heterocycles. The molecule has 0 radical (unpaired) electrons. The van der Waals surface area contributed by atoms with Crippen LogP contribution < -0.4 is 10.6 Å². The Kier molecular flexibility index (Phi) is 7.29. The number of hydrogen-bond acceptors (Lipinski definition) is 6. The highest BCUT2D eigenvalue weighted by Crippen LogP contribution is 2.46. The molecule has 2 atom stereocenters. The van der Waals surface area contributed by atoms with Gasteiger partial charge in [-0.05, 0) is 94.8 Å². The third-order valence-electron chi connectivity index (χ3n) is 8.16. The lowest BCUT2D eigenvalue weighted by atomic mass is 9.98. The lowest BCUT2D eigenvalue weighted by Crippen LogP contribution is -2.44. The smallest absolute Gasteiger partial charge is 0.366 e. The third kappa shape index (κ3) is 6.00. The summed E-state index contributed by atoms with van der Waals surface area (Å²) in [5, 5.41) is 6.12. The van der Waals surface area contributed by atoms with E-state index in [1.807, 2.05) is 11.9 Å². The van der Waals surface area contributed by atoms with Gasteiger partial charge in [0.2, 0.25) is 5.95 Å². The van der Waals surface area contributed by atoms with Crippen LogP contribution in [-0.4, -0.2) is 64.9 Å². The second-order valence-electron chi connectivity index (χ2n) is 10.8. The number of carbonyl (C=O) groups excluding carboxylic acids is 1. The molecule has 0 bridgehead atoms. The molecule has 10 heteroatoms. The highest BCUT2D eigenvalue weighted by atomic mass is 19.4. The Morgan fingerprint density at radius 3 is 2.41 bits per heavy atom. The zero-order valence-electron chi connectivity index (χ0n) is 21.4. The van der Waals surface area contributed by atoms with Crippen LogP contribution in [0.25, 0.3) is 0 Å². The van der Waals surface area contributed by atoms with Crippen molar-refractivity contribution in [2.24, 2.45) is 11.8 Å². The van der Waals surface area contributed by atoms with E-state index >= 15 is 0 Å². The predicted molar refractivity (Wildman–Crippen MR) is 137 cm³/mol. The van der Waals surface area contributed by atoms with E-state index in [0.29, 0.717) is 23.1 Å². The van der Waals surface area contributed by atoms with Gasteiger partial charge in [-0.3, -0.25) is 4.79 Å². The Labute approximate surface area is 215 Å². The highest BCUT2D eigenvalue weighted by molar-refractivity contribution is 5.94. The van der Waals surface area contributed by atoms with Crippen molar-refractivity contribution in [1.82, 2.24) is 19.8 Å². The Balaban J connectivity index is 1.28. The van der Waals surface area contributed by atoms with Gasteiger partial charge in [0.15, 0.2) is 0 Å². The number of anilines is 3. The van der Waals surface area contributed by atoms with Crippen LogP contribution in [0.1, 0.15) is 60.9 Å². The molecule has 1 amide bonds. The summed E-state index contributed by atoms with van der Waals surface area (Å²) in [6, 6.07) is 7.11. The number of likely N-dealkylation sites (tertiary alicyclic amines) is 1. The van der Waals surface area contributed by atoms with E-state index in [9.17, 15) is 18.0 Å². The van der Waals surface area contributed by atoms with E-state index in [1.165, 1.54) is 0 Å². The number of hydrogen-bond donors (Lipinski definition) is 2. The van der Waals surface area contributed by atoms with Crippen LogP contribution >= 0.6 is 0 Å². The Morgan fingerprint density at radius 2 is 1.76 bits per heavy atom. The topological polar surface area (TPSA) is 73.4 Å². The van der Waals surface area contributed by atoms with Crippen molar-refractivity contribution in [3.05, 3.63) is 41.6 Å². The van der Waals surface area contributed by atoms with Crippen LogP contribution in [0.15, 0.2) is 30.5 Å². The van der Waals surface area contributed by atoms with Crippen LogP contribution in [0.3, 0.4) is 0 Å². The van der Waals surface area contributed by atoms with E-state index in [0.717, 1.165) is 64.2 Å². The zero-order valence-corrected chi connectivity index (χ0v) is 21.4. The van der Waals surface area contributed by atoms with E-state index in [1.54, 1.807) is 24.3 Å². The first-order valence-electron chi connectivity index (χ1n) is 13.2. The van der Waals surface area contributed by atoms with Crippen LogP contribution in [0.4, 0.5) is 30.6 Å². The molecule has 7 nitrogen and oxygen atoms in total. The maximum absolute atomic E-state index is 13.7. The minimum atomic E-state index is -4.55. The largest absolute Gasteiger partial charge is 0.421 e. The van der Waals surface area contributed by atoms with Crippen molar-refractivity contribution in [3.63, 3.8) is 0 Å². The van der Waals surface area contributed by atoms with Gasteiger partial charge in [-0.15, -0.1) is 0 Å². The molecule has 2 heterocycles. The summed E-state index contributed by atoms with van der Waals surface area (Å²) >= 11 is 0. The van der Waals surface area contributed by atoms with Gasteiger partial charge < -0.3 is 20.4 Å². The summed E-state index contributed by atoms with van der Waals surface area (Å²) in [7, 11) is 3.93. The highest BCUT2D eigenvalue weighted by Gasteiger charge is 2.41. The van der Waals surface area contributed by atoms with Crippen LogP contribution in [0, 0.1) is 11.8 Å². The molecule has 1 aromatic carbocycles. The molecule has 3 aliphatic rings. The van der Waals surface area contributed by atoms with Gasteiger partial charge in [-0.25, -0.2) is 4.98 Å². The first kappa shape index (κ1) is 25.8. The number of rotatable bonds is 7. The van der Waals surface area contributed by atoms with Crippen molar-refractivity contribution in [2.45, 2.75) is 63.2 Å². The summed E-state index contributed by atoms with van der Waals surface area (Å²) in [6.45, 7) is 1.94. The molecule has 2 saturated carbocycles. The monoisotopic (exact) mass is 516 g/mol. The molecule has 0 spiro atoms. The maximum Gasteiger partial charge on any atom is 0.421 e. The molecule has 1 saturated heterocycles. The number of piperidine rings is 1. The van der Waals surface area contributed by atoms with Gasteiger partial charge in [-0.1, -0.05) is 6.42 Å². The third-order valence-corrected chi connectivity index (χ3v) is 8.16. The van der Waals surface area contributed by atoms with Crippen molar-refractivity contribution in [3.8, 4) is 0 Å². The number of amides is 1. The lowest BCUT2D eigenvalue weighted by Gasteiger charge is -2.35. The molecule has 2 aromatic rings. The Bertz CT molecular complexity index is 1100. The van der Waals surface area contributed by atoms with Crippen LogP contribution in [-0.2, 0) is 6.18 Å². The van der Waals surface area contributed by atoms with Crippen LogP contribution in [0.5, 0.6) is 0 Å². The van der Waals surface area contributed by atoms with Crippen molar-refractivity contribution >= 4 is 23.4 Å². The summed E-state index contributed by atoms with van der Waals surface area (Å²) in [6.07, 6.45) is 3.45. The predicted octanol–water partition coefficient (Wildman–Crippen LogP) is 5.40. The fourth-order valence-electron chi connectivity index (χ4n) is 5.77. The SMILES string of the molecule is CN1CCC(N(C)C(=O)c2ccc(Nc3ncc(C(F)(F)F)c(NC4CCCC4C4CC4)n3)cc2)CC1. The summed E-state index contributed by atoms with van der Waals surface area (Å²) in [5.41, 5.74) is 0.313. The number of aromatic nitrogens is 2. The second kappa shape index (κ2) is 10.5. The molecule has 2 unspecified atom stereocenters. The van der Waals surface area contributed by atoms with Crippen molar-refractivity contribution < 1.29 is 18.0 Å². The van der Waals surface area contributed by atoms with Gasteiger partial charge in [0.1, 0.15) is 11.4 Å². The number of carbonyl (C=O) groups is 1. The number of benzene rings is 1. The van der Waals surface area contributed by atoms with Gasteiger partial charge >= 0.3 is 6.18 Å². The maximum atomic E-state index is 13.7. The fraction of sp³-hybridized carbons (Fsp3) is 0.593. The summed E-state index contributed by atoms with van der Waals surface area (Å²) in [5.74, 6) is 0.895. The minimum absolute atomic E-state index is 0.00296. The van der Waals surface area contributed by atoms with E-state index in [-0.39, 0.29) is 29.8 Å². The standard InChI is InChI=1S/C27H35F3N6O/c1-35-14-12-20(13-15-35)36(2)25(37)18-8-10-19(11-9-18)32-26-31-16-22(27(28,29)30)24(34-26)33-23-5-3-4-21(23)17-6-7-17/h8-11,16-17,20-21,23H,3-7,12-15H2,1-2H3,(H2,31,32,33,34). The zero-order chi connectivity index (χ0) is 26.2. The Hall–Kier alpha value is -2.88. The van der Waals surface area contributed by atoms with Crippen molar-refractivity contribution in [1.29, 1.82) is 0 Å². The number of halogens is 3. The number of nitrogens with one attached hydrogen (secondary N) is 2. The van der Waals surface area contributed by atoms with Gasteiger partial charge in [0.05, 0.1) is 0 Å². The fourth-order valence-corrected chi connectivity index (χ4v) is 5.77. The van der Waals surface area contributed by atoms with Gasteiger partial charge in [-0.2, -0.15) is 18.2 Å². The Morgan fingerprint density at radius 1 is 1.05 bits per heavy atom. The molecule has 2 aliphatic carbocycles. The molecular formula is C27H35F3N6O. The normalized spacial score (nSPS) is 23.2. The molecule has 1 aliphatic heterocycles. The molecular weight excluding hydrogens is 481 g/mol. The van der Waals surface area contributed by atoms with Crippen LogP contribution in [0.2, 0.25) is 0 Å². The minimum Gasteiger partial charge on any atom is -0.366 e. The molecule has 37 heavy (non-hydrogen) atoms. The average Bonchev–Trinajstić information content (AvgIpc) is 3.62. The summed E-state index contributed by atoms with van der Waals surface area (Å²) < 4.78 is 41.1. The lowest BCUT2D eigenvalue weighted by molar-refractivity contribution is -0.137. The quantitative estimate of drug-likeness (QED) is 0.514. The first-order chi connectivity index (χ1) is 17.7. The molecule has 2 N–H and O–H groups in total. The van der Waals surface area contributed by atoms with Gasteiger partial charge in [0, 0.05) is 36.6 Å². The molecule has 5 rings (SSSR count). The van der Waals surface area contributed by atoms with Gasteiger partial charge in [0.25, 0.3) is 5.91 Å². The summed E-state index contributed by atoms with van der Waals surface area (Å²) in [4.78, 5) is 25.2.